The molecule has 0 aliphatic heterocycles. The topological polar surface area (TPSA) is 94.8 Å². The Balaban J connectivity index is 4.14. The lowest BCUT2D eigenvalue weighted by Crippen LogP contribution is -2.05. The minimum atomic E-state index is -4.41. The maximum Gasteiger partial charge on any atom is 0.335 e. The summed E-state index contributed by atoms with van der Waals surface area (Å²) in [6.07, 6.45) is 12.8. The van der Waals surface area contributed by atoms with Gasteiger partial charge in [-0.05, 0) is 72.6 Å². The molecule has 0 radical (unpaired) electrons. The molecule has 0 aromatic heterocycles. The second kappa shape index (κ2) is 14.5. The van der Waals surface area contributed by atoms with Crippen molar-refractivity contribution in [2.45, 2.75) is 84.5 Å². The monoisotopic (exact) mass is 420 g/mol. The third-order valence-corrected chi connectivity index (χ3v) is 8.77. The molecule has 0 amide bonds. The Bertz CT molecular complexity index is 583. The van der Waals surface area contributed by atoms with Gasteiger partial charge in [-0.2, -0.15) is 0 Å². The fraction of sp³-hybridized carbons (Fsp3) is 0.700. The Morgan fingerprint density at radius 3 is 1.93 bits per heavy atom. The van der Waals surface area contributed by atoms with Crippen LogP contribution in [-0.4, -0.2) is 26.6 Å². The molecular formula is C20H38O5P2. The van der Waals surface area contributed by atoms with Gasteiger partial charge in [0, 0.05) is 0 Å². The molecule has 3 N–H and O–H groups in total. The molecule has 7 heteroatoms. The van der Waals surface area contributed by atoms with Gasteiger partial charge in [0.2, 0.25) is 0 Å². The molecule has 0 heterocycles. The van der Waals surface area contributed by atoms with Crippen LogP contribution >= 0.6 is 15.4 Å². The number of allylic oxidation sites excluding steroid dienone is 6. The molecule has 27 heavy (non-hydrogen) atoms. The minimum Gasteiger partial charge on any atom is -0.389 e. The highest BCUT2D eigenvalue weighted by atomic mass is 31.2. The van der Waals surface area contributed by atoms with Crippen LogP contribution in [0, 0.1) is 0 Å². The molecule has 0 spiro atoms. The van der Waals surface area contributed by atoms with Crippen LogP contribution in [0.3, 0.4) is 0 Å². The normalized spacial score (nSPS) is 15.5. The SMILES string of the molecule is CC(C)=CCCC(C)=CCCC(C)=CCCCCC([PH](=O)CO)P(=O)(O)O. The Labute approximate surface area is 165 Å². The molecule has 0 saturated heterocycles. The molecule has 0 saturated carbocycles. The van der Waals surface area contributed by atoms with Crippen LogP contribution in [0.5, 0.6) is 0 Å². The van der Waals surface area contributed by atoms with Crippen molar-refractivity contribution in [3.05, 3.63) is 34.9 Å². The van der Waals surface area contributed by atoms with Crippen molar-refractivity contribution >= 4 is 15.4 Å². The van der Waals surface area contributed by atoms with Gasteiger partial charge < -0.3 is 19.5 Å². The zero-order valence-electron chi connectivity index (χ0n) is 17.3. The summed E-state index contributed by atoms with van der Waals surface area (Å²) < 4.78 is 23.0. The Morgan fingerprint density at radius 1 is 0.926 bits per heavy atom. The van der Waals surface area contributed by atoms with E-state index in [9.17, 15) is 18.9 Å². The maximum atomic E-state index is 11.6. The zero-order valence-corrected chi connectivity index (χ0v) is 19.2. The molecule has 5 nitrogen and oxygen atoms in total. The van der Waals surface area contributed by atoms with Crippen LogP contribution in [0.4, 0.5) is 0 Å². The van der Waals surface area contributed by atoms with Gasteiger partial charge in [-0.25, -0.2) is 0 Å². The van der Waals surface area contributed by atoms with Gasteiger partial charge in [-0.1, -0.05) is 41.4 Å². The van der Waals surface area contributed by atoms with E-state index in [2.05, 4.69) is 45.9 Å². The molecule has 2 atom stereocenters. The van der Waals surface area contributed by atoms with Crippen LogP contribution < -0.4 is 0 Å². The maximum absolute atomic E-state index is 11.6. The summed E-state index contributed by atoms with van der Waals surface area (Å²) in [4.78, 5) is 18.5. The van der Waals surface area contributed by atoms with Crippen molar-refractivity contribution < 1.29 is 24.0 Å². The first kappa shape index (κ1) is 26.6. The largest absolute Gasteiger partial charge is 0.389 e. The summed E-state index contributed by atoms with van der Waals surface area (Å²) in [5, 5.41) is 7.73. The van der Waals surface area contributed by atoms with Crippen molar-refractivity contribution in [2.24, 2.45) is 0 Å². The number of rotatable bonds is 14. The molecule has 0 aliphatic rings. The van der Waals surface area contributed by atoms with Gasteiger partial charge in [0.1, 0.15) is 13.2 Å². The van der Waals surface area contributed by atoms with Crippen molar-refractivity contribution in [1.29, 1.82) is 0 Å². The molecule has 0 aromatic rings. The Hall–Kier alpha value is -0.440. The molecule has 0 fully saturated rings. The van der Waals surface area contributed by atoms with Crippen LogP contribution in [0.2, 0.25) is 0 Å². The number of hydrogen-bond acceptors (Lipinski definition) is 3. The van der Waals surface area contributed by atoms with Gasteiger partial charge in [0.05, 0.1) is 6.35 Å². The van der Waals surface area contributed by atoms with Crippen LogP contribution in [0.25, 0.3) is 0 Å². The predicted octanol–water partition coefficient (Wildman–Crippen LogP) is 5.98. The van der Waals surface area contributed by atoms with Gasteiger partial charge in [-0.3, -0.25) is 4.57 Å². The van der Waals surface area contributed by atoms with Gasteiger partial charge >= 0.3 is 7.60 Å². The summed E-state index contributed by atoms with van der Waals surface area (Å²) in [6, 6.07) is 0. The Morgan fingerprint density at radius 2 is 1.44 bits per heavy atom. The van der Waals surface area contributed by atoms with E-state index in [0.717, 1.165) is 38.5 Å². The Kier molecular flexibility index (Phi) is 14.3. The fourth-order valence-corrected chi connectivity index (χ4v) is 5.79. The summed E-state index contributed by atoms with van der Waals surface area (Å²) in [5.41, 5.74) is 4.10. The quantitative estimate of drug-likeness (QED) is 0.183. The second-order valence-corrected chi connectivity index (χ2v) is 11.7. The lowest BCUT2D eigenvalue weighted by atomic mass is 10.1. The molecule has 158 valence electrons. The standard InChI is InChI=1S/C20H38O5P2/c1-17(2)10-8-12-19(4)14-9-13-18(3)11-6-5-7-15-20(26(22)16-21)27(23,24)25/h10-11,14,20-21,26H,5-9,12-13,15-16H2,1-4H3,(H2,23,24,25). The van der Waals surface area contributed by atoms with E-state index in [-0.39, 0.29) is 6.42 Å². The van der Waals surface area contributed by atoms with E-state index in [0.29, 0.717) is 6.42 Å². The van der Waals surface area contributed by atoms with E-state index in [1.165, 1.54) is 16.7 Å². The second-order valence-electron chi connectivity index (χ2n) is 7.47. The van der Waals surface area contributed by atoms with E-state index < -0.39 is 27.1 Å². The smallest absolute Gasteiger partial charge is 0.335 e. The summed E-state index contributed by atoms with van der Waals surface area (Å²) in [7, 11) is -7.05. The number of aliphatic hydroxyl groups is 1. The highest BCUT2D eigenvalue weighted by molar-refractivity contribution is 7.67. The summed E-state index contributed by atoms with van der Waals surface area (Å²) in [5.74, 6) is 0. The lowest BCUT2D eigenvalue weighted by molar-refractivity contribution is 0.350. The van der Waals surface area contributed by atoms with Gasteiger partial charge in [0.15, 0.2) is 0 Å². The average molecular weight is 420 g/mol. The predicted molar refractivity (Wildman–Crippen MR) is 116 cm³/mol. The van der Waals surface area contributed by atoms with Crippen molar-refractivity contribution in [3.8, 4) is 0 Å². The minimum absolute atomic E-state index is 0.198. The third-order valence-electron chi connectivity index (χ3n) is 4.48. The molecule has 0 bridgehead atoms. The van der Waals surface area contributed by atoms with Crippen LogP contribution in [0.15, 0.2) is 34.9 Å². The molecule has 0 aliphatic carbocycles. The van der Waals surface area contributed by atoms with Crippen LogP contribution in [0.1, 0.15) is 79.1 Å². The van der Waals surface area contributed by atoms with E-state index in [1.54, 1.807) is 0 Å². The highest BCUT2D eigenvalue weighted by Crippen LogP contribution is 2.55. The first-order valence-corrected chi connectivity index (χ1v) is 13.1. The average Bonchev–Trinajstić information content (AvgIpc) is 2.55. The molecule has 0 rings (SSSR count). The molecular weight excluding hydrogens is 382 g/mol. The summed E-state index contributed by atoms with van der Waals surface area (Å²) >= 11 is 0. The van der Waals surface area contributed by atoms with Gasteiger partial charge in [-0.15, -0.1) is 0 Å². The number of aliphatic hydroxyl groups excluding tert-OH is 1. The van der Waals surface area contributed by atoms with Crippen molar-refractivity contribution in [1.82, 2.24) is 0 Å². The van der Waals surface area contributed by atoms with E-state index in [4.69, 9.17) is 5.11 Å². The zero-order chi connectivity index (χ0) is 20.9. The summed E-state index contributed by atoms with van der Waals surface area (Å²) in [6.45, 7) is 8.52. The van der Waals surface area contributed by atoms with Crippen LogP contribution in [-0.2, 0) is 9.13 Å². The van der Waals surface area contributed by atoms with E-state index in [1.807, 2.05) is 0 Å². The third kappa shape index (κ3) is 14.2. The number of unbranched alkanes of at least 4 members (excludes halogenated alkanes) is 2. The first-order chi connectivity index (χ1) is 12.6. The highest BCUT2D eigenvalue weighted by Gasteiger charge is 2.32. The van der Waals surface area contributed by atoms with Gasteiger partial charge in [0.25, 0.3) is 0 Å². The lowest BCUT2D eigenvalue weighted by Gasteiger charge is -2.16. The fourth-order valence-electron chi connectivity index (χ4n) is 2.79. The first-order valence-electron chi connectivity index (χ1n) is 9.71. The number of hydrogen-bond donors (Lipinski definition) is 3. The van der Waals surface area contributed by atoms with Crippen molar-refractivity contribution in [3.63, 3.8) is 0 Å². The molecule has 0 aromatic carbocycles. The van der Waals surface area contributed by atoms with Crippen molar-refractivity contribution in [2.75, 3.05) is 6.35 Å². The molecule has 2 unspecified atom stereocenters. The van der Waals surface area contributed by atoms with E-state index >= 15 is 0 Å².